The number of piperidine rings is 1. The molecule has 2 fully saturated rings. The summed E-state index contributed by atoms with van der Waals surface area (Å²) in [7, 11) is -2.95. The van der Waals surface area contributed by atoms with Gasteiger partial charge in [0.2, 0.25) is 0 Å². The Morgan fingerprint density at radius 3 is 2.87 bits per heavy atom. The zero-order chi connectivity index (χ0) is 21.8. The zero-order valence-electron chi connectivity index (χ0n) is 18.6. The first-order chi connectivity index (χ1) is 14.8. The summed E-state index contributed by atoms with van der Waals surface area (Å²) in [5, 5.41) is 8.45. The van der Waals surface area contributed by atoms with E-state index in [0.29, 0.717) is 18.9 Å². The van der Waals surface area contributed by atoms with E-state index in [9.17, 15) is 8.42 Å². The van der Waals surface area contributed by atoms with E-state index in [1.165, 1.54) is 21.6 Å². The van der Waals surface area contributed by atoms with Crippen LogP contribution in [0.5, 0.6) is 0 Å². The van der Waals surface area contributed by atoms with E-state index in [1.54, 1.807) is 0 Å². The molecular weight excluding hydrogens is 432 g/mol. The summed E-state index contributed by atoms with van der Waals surface area (Å²) in [5.74, 6) is 0. The van der Waals surface area contributed by atoms with Gasteiger partial charge in [-0.15, -0.1) is 16.4 Å². The average Bonchev–Trinajstić information content (AvgIpc) is 3.29. The van der Waals surface area contributed by atoms with Crippen molar-refractivity contribution in [2.45, 2.75) is 81.9 Å². The van der Waals surface area contributed by atoms with E-state index in [4.69, 9.17) is 4.74 Å². The van der Waals surface area contributed by atoms with Crippen molar-refractivity contribution in [1.29, 1.82) is 0 Å². The Hall–Kier alpha value is -1.29. The topological polar surface area (TPSA) is 77.3 Å². The molecule has 2 aromatic heterocycles. The van der Waals surface area contributed by atoms with Crippen LogP contribution in [-0.4, -0.2) is 59.0 Å². The number of hydrogen-bond acceptors (Lipinski definition) is 7. The monoisotopic (exact) mass is 464 g/mol. The summed E-state index contributed by atoms with van der Waals surface area (Å²) < 4.78 is 31.6. The predicted molar refractivity (Wildman–Crippen MR) is 121 cm³/mol. The average molecular weight is 465 g/mol. The van der Waals surface area contributed by atoms with Crippen LogP contribution >= 0.6 is 11.3 Å². The Balaban J connectivity index is 1.23. The van der Waals surface area contributed by atoms with Gasteiger partial charge in [0.05, 0.1) is 35.4 Å². The van der Waals surface area contributed by atoms with E-state index < -0.39 is 9.84 Å². The maximum Gasteiger partial charge on any atom is 0.150 e. The minimum Gasteiger partial charge on any atom is -0.370 e. The summed E-state index contributed by atoms with van der Waals surface area (Å²) in [5.41, 5.74) is 2.28. The zero-order valence-corrected chi connectivity index (χ0v) is 20.2. The second-order valence-electron chi connectivity index (χ2n) is 9.54. The van der Waals surface area contributed by atoms with Gasteiger partial charge < -0.3 is 4.74 Å². The summed E-state index contributed by atoms with van der Waals surface area (Å²) in [6.45, 7) is 7.10. The lowest BCUT2D eigenvalue weighted by Gasteiger charge is -2.47. The molecule has 0 N–H and O–H groups in total. The molecule has 1 aliphatic carbocycles. The van der Waals surface area contributed by atoms with Crippen molar-refractivity contribution in [2.75, 3.05) is 19.4 Å². The highest BCUT2D eigenvalue weighted by molar-refractivity contribution is 7.91. The molecule has 0 aromatic carbocycles. The third-order valence-corrected chi connectivity index (χ3v) is 10.4. The van der Waals surface area contributed by atoms with Crippen molar-refractivity contribution in [2.24, 2.45) is 0 Å². The molecule has 0 unspecified atom stereocenters. The van der Waals surface area contributed by atoms with Gasteiger partial charge >= 0.3 is 0 Å². The van der Waals surface area contributed by atoms with Crippen molar-refractivity contribution in [3.63, 3.8) is 0 Å². The van der Waals surface area contributed by atoms with Gasteiger partial charge in [-0.2, -0.15) is 0 Å². The minimum atomic E-state index is -2.95. The lowest BCUT2D eigenvalue weighted by atomic mass is 9.79. The minimum absolute atomic E-state index is 0.127. The van der Waals surface area contributed by atoms with E-state index >= 15 is 0 Å². The van der Waals surface area contributed by atoms with Crippen molar-refractivity contribution in [3.05, 3.63) is 33.3 Å². The van der Waals surface area contributed by atoms with Crippen LogP contribution in [0.15, 0.2) is 12.3 Å². The van der Waals surface area contributed by atoms with Crippen LogP contribution in [0.4, 0.5) is 0 Å². The van der Waals surface area contributed by atoms with Crippen LogP contribution in [0.3, 0.4) is 0 Å². The fourth-order valence-corrected chi connectivity index (χ4v) is 7.71. The van der Waals surface area contributed by atoms with E-state index in [0.717, 1.165) is 51.1 Å². The number of sulfone groups is 1. The molecular formula is C22H32N4O3S2. The SMILES string of the molecule is CCc1cc2c(s1)CCO[C@@]21CCN(Cc2cn([C@H]3C[C@H](S(C)(=O)=O)C3)nn2)[C@@H](C)C1. The van der Waals surface area contributed by atoms with E-state index in [1.807, 2.05) is 22.2 Å². The molecule has 2 aromatic rings. The molecule has 1 saturated carbocycles. The fourth-order valence-electron chi connectivity index (χ4n) is 5.39. The molecule has 0 bridgehead atoms. The molecule has 170 valence electrons. The summed E-state index contributed by atoms with van der Waals surface area (Å²) in [6.07, 6.45) is 8.77. The highest BCUT2D eigenvalue weighted by atomic mass is 32.2. The van der Waals surface area contributed by atoms with Crippen LogP contribution in [0.25, 0.3) is 0 Å². The molecule has 3 aliphatic rings. The van der Waals surface area contributed by atoms with Crippen molar-refractivity contribution in [3.8, 4) is 0 Å². The first-order valence-corrected chi connectivity index (χ1v) is 14.1. The Labute approximate surface area is 188 Å². The number of ether oxygens (including phenoxy) is 1. The summed E-state index contributed by atoms with van der Waals surface area (Å²) in [4.78, 5) is 5.47. The molecule has 0 amide bonds. The number of aromatic nitrogens is 3. The molecule has 5 rings (SSSR count). The number of likely N-dealkylation sites (tertiary alicyclic amines) is 1. The number of thiophene rings is 1. The second kappa shape index (κ2) is 7.93. The standard InChI is InChI=1S/C22H32N4O3S2/c1-4-18-11-20-21(30-18)5-8-29-22(20)6-7-25(15(2)12-22)13-16-14-26(24-23-16)17-9-19(10-17)31(3,27)28/h11,14-15,17,19H,4-10,12-13H2,1-3H3/t15-,17-,19-,22+/m0/s1. The number of nitrogens with zero attached hydrogens (tertiary/aromatic N) is 4. The van der Waals surface area contributed by atoms with Gasteiger partial charge in [-0.1, -0.05) is 12.1 Å². The first kappa shape index (κ1) is 21.6. The quantitative estimate of drug-likeness (QED) is 0.677. The largest absolute Gasteiger partial charge is 0.370 e. The number of hydrogen-bond donors (Lipinski definition) is 0. The van der Waals surface area contributed by atoms with Crippen LogP contribution in [-0.2, 0) is 39.6 Å². The van der Waals surface area contributed by atoms with Crippen LogP contribution < -0.4 is 0 Å². The van der Waals surface area contributed by atoms with Gasteiger partial charge in [0.1, 0.15) is 9.84 Å². The Bertz CT molecular complexity index is 1060. The molecule has 2 aliphatic heterocycles. The molecule has 0 radical (unpaired) electrons. The molecule has 2 atom stereocenters. The smallest absolute Gasteiger partial charge is 0.150 e. The van der Waals surface area contributed by atoms with Gasteiger partial charge in [0.15, 0.2) is 0 Å². The van der Waals surface area contributed by atoms with Crippen molar-refractivity contribution < 1.29 is 13.2 Å². The van der Waals surface area contributed by atoms with Gasteiger partial charge in [-0.25, -0.2) is 13.1 Å². The highest BCUT2D eigenvalue weighted by Gasteiger charge is 2.44. The van der Waals surface area contributed by atoms with Crippen molar-refractivity contribution in [1.82, 2.24) is 19.9 Å². The second-order valence-corrected chi connectivity index (χ2v) is 13.1. The van der Waals surface area contributed by atoms with Crippen LogP contribution in [0.1, 0.15) is 66.6 Å². The highest BCUT2D eigenvalue weighted by Crippen LogP contribution is 2.46. The lowest BCUT2D eigenvalue weighted by molar-refractivity contribution is -0.112. The molecule has 31 heavy (non-hydrogen) atoms. The van der Waals surface area contributed by atoms with E-state index in [2.05, 4.69) is 35.1 Å². The van der Waals surface area contributed by atoms with Crippen LogP contribution in [0, 0.1) is 0 Å². The Morgan fingerprint density at radius 2 is 2.16 bits per heavy atom. The van der Waals surface area contributed by atoms with Gasteiger partial charge in [0.25, 0.3) is 0 Å². The Morgan fingerprint density at radius 1 is 1.35 bits per heavy atom. The molecule has 9 heteroatoms. The number of fused-ring (bicyclic) bond motifs is 2. The molecule has 4 heterocycles. The molecule has 7 nitrogen and oxygen atoms in total. The maximum absolute atomic E-state index is 11.7. The summed E-state index contributed by atoms with van der Waals surface area (Å²) in [6, 6.07) is 2.95. The summed E-state index contributed by atoms with van der Waals surface area (Å²) >= 11 is 1.97. The Kier molecular flexibility index (Phi) is 5.52. The number of aryl methyl sites for hydroxylation is 1. The normalized spacial score (nSPS) is 31.5. The van der Waals surface area contributed by atoms with Crippen LogP contribution in [0.2, 0.25) is 0 Å². The van der Waals surface area contributed by atoms with Gasteiger partial charge in [-0.3, -0.25) is 4.90 Å². The predicted octanol–water partition coefficient (Wildman–Crippen LogP) is 3.10. The lowest BCUT2D eigenvalue weighted by Crippen LogP contribution is -2.50. The fraction of sp³-hybridized carbons (Fsp3) is 0.727. The van der Waals surface area contributed by atoms with Gasteiger partial charge in [-0.05, 0) is 50.7 Å². The maximum atomic E-state index is 11.7. The van der Waals surface area contributed by atoms with Gasteiger partial charge in [0, 0.05) is 41.6 Å². The third-order valence-electron chi connectivity index (χ3n) is 7.43. The van der Waals surface area contributed by atoms with Crippen molar-refractivity contribution >= 4 is 21.2 Å². The molecule has 1 saturated heterocycles. The van der Waals surface area contributed by atoms with E-state index in [-0.39, 0.29) is 16.9 Å². The number of rotatable bonds is 5. The third kappa shape index (κ3) is 3.98. The molecule has 1 spiro atoms. The first-order valence-electron chi connectivity index (χ1n) is 11.4.